The van der Waals surface area contributed by atoms with Crippen molar-refractivity contribution >= 4 is 5.96 Å². The third kappa shape index (κ3) is 4.31. The molecule has 0 atom stereocenters. The highest BCUT2D eigenvalue weighted by atomic mass is 16.7. The molecule has 1 aliphatic heterocycles. The molecule has 1 aromatic carbocycles. The number of hydrogen-bond acceptors (Lipinski definition) is 4. The third-order valence-electron chi connectivity index (χ3n) is 2.84. The predicted octanol–water partition coefficient (Wildman–Crippen LogP) is 1.25. The molecular formula is C14H21N3O3. The smallest absolute Gasteiger partial charge is 0.231 e. The monoisotopic (exact) mass is 279 g/mol. The molecule has 0 aliphatic carbocycles. The second kappa shape index (κ2) is 7.59. The van der Waals surface area contributed by atoms with Crippen LogP contribution in [0.3, 0.4) is 0 Å². The van der Waals surface area contributed by atoms with E-state index in [1.54, 1.807) is 0 Å². The molecule has 110 valence electrons. The van der Waals surface area contributed by atoms with Crippen molar-refractivity contribution in [2.45, 2.75) is 19.9 Å². The van der Waals surface area contributed by atoms with Crippen LogP contribution in [0.15, 0.2) is 23.2 Å². The second-order valence-electron chi connectivity index (χ2n) is 4.37. The molecule has 20 heavy (non-hydrogen) atoms. The van der Waals surface area contributed by atoms with Crippen LogP contribution in [0.4, 0.5) is 0 Å². The Morgan fingerprint density at radius 1 is 1.40 bits per heavy atom. The quantitative estimate of drug-likeness (QED) is 0.446. The van der Waals surface area contributed by atoms with Crippen molar-refractivity contribution in [1.29, 1.82) is 0 Å². The Morgan fingerprint density at radius 2 is 2.25 bits per heavy atom. The van der Waals surface area contributed by atoms with E-state index in [2.05, 4.69) is 10.3 Å². The van der Waals surface area contributed by atoms with Crippen LogP contribution < -0.4 is 20.5 Å². The van der Waals surface area contributed by atoms with Crippen molar-refractivity contribution in [2.24, 2.45) is 10.7 Å². The molecule has 0 saturated carbocycles. The first-order valence-corrected chi connectivity index (χ1v) is 6.79. The lowest BCUT2D eigenvalue weighted by atomic mass is 10.2. The van der Waals surface area contributed by atoms with Gasteiger partial charge in [-0.25, -0.2) is 4.99 Å². The molecule has 0 spiro atoms. The lowest BCUT2D eigenvalue weighted by molar-refractivity contribution is 0.145. The Kier molecular flexibility index (Phi) is 5.49. The normalized spacial score (nSPS) is 13.6. The van der Waals surface area contributed by atoms with Gasteiger partial charge in [0.25, 0.3) is 0 Å². The topological polar surface area (TPSA) is 78.1 Å². The van der Waals surface area contributed by atoms with Crippen molar-refractivity contribution in [3.63, 3.8) is 0 Å². The molecule has 0 fully saturated rings. The zero-order valence-corrected chi connectivity index (χ0v) is 11.7. The van der Waals surface area contributed by atoms with Crippen molar-refractivity contribution in [1.82, 2.24) is 5.32 Å². The highest BCUT2D eigenvalue weighted by molar-refractivity contribution is 5.77. The summed E-state index contributed by atoms with van der Waals surface area (Å²) >= 11 is 0. The van der Waals surface area contributed by atoms with E-state index in [1.807, 2.05) is 25.1 Å². The summed E-state index contributed by atoms with van der Waals surface area (Å²) in [6.07, 6.45) is 0.911. The third-order valence-corrected chi connectivity index (χ3v) is 2.84. The molecule has 0 bridgehead atoms. The number of nitrogens with zero attached hydrogens (tertiary/aromatic N) is 1. The van der Waals surface area contributed by atoms with Gasteiger partial charge in [0.05, 0.1) is 6.54 Å². The van der Waals surface area contributed by atoms with E-state index in [4.69, 9.17) is 19.9 Å². The van der Waals surface area contributed by atoms with E-state index in [9.17, 15) is 0 Å². The van der Waals surface area contributed by atoms with Gasteiger partial charge in [-0.2, -0.15) is 0 Å². The van der Waals surface area contributed by atoms with E-state index < -0.39 is 0 Å². The maximum atomic E-state index is 5.79. The molecule has 0 unspecified atom stereocenters. The highest BCUT2D eigenvalue weighted by Gasteiger charge is 2.12. The minimum Gasteiger partial charge on any atom is -0.454 e. The Balaban J connectivity index is 1.74. The van der Waals surface area contributed by atoms with Crippen LogP contribution in [0, 0.1) is 0 Å². The molecule has 1 aliphatic rings. The fourth-order valence-corrected chi connectivity index (χ4v) is 1.81. The van der Waals surface area contributed by atoms with Crippen LogP contribution in [-0.4, -0.2) is 32.5 Å². The van der Waals surface area contributed by atoms with Gasteiger partial charge in [-0.3, -0.25) is 0 Å². The van der Waals surface area contributed by atoms with Gasteiger partial charge in [-0.1, -0.05) is 6.07 Å². The predicted molar refractivity (Wildman–Crippen MR) is 77.0 cm³/mol. The molecule has 6 nitrogen and oxygen atoms in total. The highest BCUT2D eigenvalue weighted by Crippen LogP contribution is 2.32. The largest absolute Gasteiger partial charge is 0.454 e. The number of ether oxygens (including phenoxy) is 3. The summed E-state index contributed by atoms with van der Waals surface area (Å²) in [6, 6.07) is 5.77. The molecule has 0 radical (unpaired) electrons. The number of nitrogens with two attached hydrogens (primary N) is 1. The summed E-state index contributed by atoms with van der Waals surface area (Å²) in [6.45, 7) is 5.02. The van der Waals surface area contributed by atoms with Crippen LogP contribution in [0.1, 0.15) is 18.9 Å². The van der Waals surface area contributed by atoms with Crippen LogP contribution in [0.2, 0.25) is 0 Å². The van der Waals surface area contributed by atoms with Crippen molar-refractivity contribution in [3.05, 3.63) is 23.8 Å². The molecule has 6 heteroatoms. The minimum atomic E-state index is 0.283. The fraction of sp³-hybridized carbons (Fsp3) is 0.500. The minimum absolute atomic E-state index is 0.283. The van der Waals surface area contributed by atoms with Crippen molar-refractivity contribution in [3.8, 4) is 11.5 Å². The van der Waals surface area contributed by atoms with Gasteiger partial charge >= 0.3 is 0 Å². The summed E-state index contributed by atoms with van der Waals surface area (Å²) in [5.41, 5.74) is 6.83. The molecule has 2 rings (SSSR count). The lowest BCUT2D eigenvalue weighted by Gasteiger charge is -2.06. The maximum Gasteiger partial charge on any atom is 0.231 e. The van der Waals surface area contributed by atoms with E-state index in [0.717, 1.165) is 43.2 Å². The lowest BCUT2D eigenvalue weighted by Crippen LogP contribution is -2.32. The average Bonchev–Trinajstić information content (AvgIpc) is 2.92. The average molecular weight is 279 g/mol. The number of benzene rings is 1. The standard InChI is InChI=1S/C14H21N3O3/c1-2-18-7-3-6-16-14(15)17-9-11-4-5-12-13(8-11)20-10-19-12/h4-5,8H,2-3,6-7,9-10H2,1H3,(H3,15,16,17). The summed E-state index contributed by atoms with van der Waals surface area (Å²) in [4.78, 5) is 4.28. The number of nitrogens with one attached hydrogen (secondary N) is 1. The zero-order valence-electron chi connectivity index (χ0n) is 11.7. The van der Waals surface area contributed by atoms with Crippen LogP contribution in [-0.2, 0) is 11.3 Å². The first kappa shape index (κ1) is 14.5. The summed E-state index contributed by atoms with van der Waals surface area (Å²) in [7, 11) is 0. The Labute approximate surface area is 118 Å². The number of aliphatic imine (C=N–C) groups is 1. The number of rotatable bonds is 7. The second-order valence-corrected chi connectivity index (χ2v) is 4.37. The first-order chi connectivity index (χ1) is 9.79. The maximum absolute atomic E-state index is 5.79. The molecule has 3 N–H and O–H groups in total. The Bertz CT molecular complexity index is 463. The molecule has 0 amide bonds. The Hall–Kier alpha value is -1.95. The van der Waals surface area contributed by atoms with Gasteiger partial charge in [0, 0.05) is 19.8 Å². The first-order valence-electron chi connectivity index (χ1n) is 6.79. The van der Waals surface area contributed by atoms with Gasteiger partial charge in [0.2, 0.25) is 6.79 Å². The van der Waals surface area contributed by atoms with E-state index in [-0.39, 0.29) is 6.79 Å². The zero-order chi connectivity index (χ0) is 14.2. The van der Waals surface area contributed by atoms with Gasteiger partial charge < -0.3 is 25.3 Å². The number of fused-ring (bicyclic) bond motifs is 1. The van der Waals surface area contributed by atoms with E-state index in [1.165, 1.54) is 0 Å². The van der Waals surface area contributed by atoms with Gasteiger partial charge in [-0.05, 0) is 31.0 Å². The SMILES string of the molecule is CCOCCCNC(N)=NCc1ccc2c(c1)OCO2. The Morgan fingerprint density at radius 3 is 3.10 bits per heavy atom. The molecule has 0 aromatic heterocycles. The van der Waals surface area contributed by atoms with Crippen molar-refractivity contribution in [2.75, 3.05) is 26.6 Å². The fourth-order valence-electron chi connectivity index (χ4n) is 1.81. The molecule has 1 heterocycles. The summed E-state index contributed by atoms with van der Waals surface area (Å²) in [5, 5.41) is 3.06. The van der Waals surface area contributed by atoms with Gasteiger partial charge in [-0.15, -0.1) is 0 Å². The summed E-state index contributed by atoms with van der Waals surface area (Å²) < 4.78 is 15.8. The molecule has 0 saturated heterocycles. The van der Waals surface area contributed by atoms with E-state index in [0.29, 0.717) is 12.5 Å². The van der Waals surface area contributed by atoms with Gasteiger partial charge in [0.1, 0.15) is 0 Å². The summed E-state index contributed by atoms with van der Waals surface area (Å²) in [5.74, 6) is 1.99. The molecular weight excluding hydrogens is 258 g/mol. The van der Waals surface area contributed by atoms with Gasteiger partial charge in [0.15, 0.2) is 17.5 Å². The van der Waals surface area contributed by atoms with Crippen LogP contribution in [0.25, 0.3) is 0 Å². The molecule has 1 aromatic rings. The number of guanidine groups is 1. The number of hydrogen-bond donors (Lipinski definition) is 2. The van der Waals surface area contributed by atoms with Crippen LogP contribution >= 0.6 is 0 Å². The van der Waals surface area contributed by atoms with Crippen molar-refractivity contribution < 1.29 is 14.2 Å². The van der Waals surface area contributed by atoms with E-state index >= 15 is 0 Å². The van der Waals surface area contributed by atoms with Crippen LogP contribution in [0.5, 0.6) is 11.5 Å².